The molecule has 0 radical (unpaired) electrons. The van der Waals surface area contributed by atoms with Crippen molar-refractivity contribution >= 4 is 17.5 Å². The number of hydrogen-bond donors (Lipinski definition) is 0. The lowest BCUT2D eigenvalue weighted by molar-refractivity contribution is -0.384. The summed E-state index contributed by atoms with van der Waals surface area (Å²) in [6.07, 6.45) is 0. The Hall–Kier alpha value is -2.22. The van der Waals surface area contributed by atoms with Crippen LogP contribution in [-0.2, 0) is 9.47 Å². The molecule has 0 spiro atoms. The molecular formula is C13H17N3O5. The number of anilines is 1. The van der Waals surface area contributed by atoms with E-state index in [1.807, 2.05) is 13.8 Å². The molecule has 8 heteroatoms. The van der Waals surface area contributed by atoms with Gasteiger partial charge in [0, 0.05) is 19.2 Å². The first-order valence-electron chi connectivity index (χ1n) is 6.47. The molecule has 0 amide bonds. The number of ether oxygens (including phenoxy) is 2. The van der Waals surface area contributed by atoms with Crippen LogP contribution in [0.3, 0.4) is 0 Å². The van der Waals surface area contributed by atoms with E-state index in [4.69, 9.17) is 4.74 Å². The number of methoxy groups -OCH3 is 1. The van der Waals surface area contributed by atoms with Gasteiger partial charge in [-0.25, -0.2) is 9.78 Å². The molecule has 114 valence electrons. The number of aromatic nitrogens is 1. The lowest BCUT2D eigenvalue weighted by atomic mass is 10.1. The molecule has 1 aliphatic heterocycles. The first-order chi connectivity index (χ1) is 9.84. The van der Waals surface area contributed by atoms with E-state index in [0.717, 1.165) is 0 Å². The Morgan fingerprint density at radius 3 is 2.81 bits per heavy atom. The summed E-state index contributed by atoms with van der Waals surface area (Å²) in [4.78, 5) is 28.1. The Kier molecular flexibility index (Phi) is 4.08. The van der Waals surface area contributed by atoms with E-state index in [0.29, 0.717) is 19.7 Å². The summed E-state index contributed by atoms with van der Waals surface area (Å²) < 4.78 is 10.2. The molecule has 0 atom stereocenters. The minimum Gasteiger partial charge on any atom is -0.464 e. The maximum Gasteiger partial charge on any atom is 0.356 e. The van der Waals surface area contributed by atoms with Crippen LogP contribution in [0.5, 0.6) is 0 Å². The van der Waals surface area contributed by atoms with Crippen LogP contribution in [0.2, 0.25) is 0 Å². The largest absolute Gasteiger partial charge is 0.464 e. The van der Waals surface area contributed by atoms with Crippen LogP contribution in [0.4, 0.5) is 11.5 Å². The lowest BCUT2D eigenvalue weighted by Crippen LogP contribution is -2.48. The van der Waals surface area contributed by atoms with Crippen LogP contribution in [-0.4, -0.2) is 48.3 Å². The van der Waals surface area contributed by atoms with Gasteiger partial charge in [0.05, 0.1) is 24.2 Å². The first-order valence-corrected chi connectivity index (χ1v) is 6.47. The minimum absolute atomic E-state index is 0.0439. The summed E-state index contributed by atoms with van der Waals surface area (Å²) in [5.74, 6) is -0.460. The fourth-order valence-electron chi connectivity index (χ4n) is 2.23. The first kappa shape index (κ1) is 15.2. The number of nitrogens with zero attached hydrogens (tertiary/aromatic N) is 3. The van der Waals surface area contributed by atoms with Crippen LogP contribution < -0.4 is 4.90 Å². The van der Waals surface area contributed by atoms with E-state index in [9.17, 15) is 14.9 Å². The van der Waals surface area contributed by atoms with E-state index in [1.165, 1.54) is 19.2 Å². The second-order valence-electron chi connectivity index (χ2n) is 5.32. The number of nitro groups is 1. The Labute approximate surface area is 121 Å². The van der Waals surface area contributed by atoms with Crippen molar-refractivity contribution in [2.24, 2.45) is 0 Å². The number of esters is 1. The van der Waals surface area contributed by atoms with E-state index in [1.54, 1.807) is 4.90 Å². The van der Waals surface area contributed by atoms with Crippen molar-refractivity contribution in [3.05, 3.63) is 27.9 Å². The van der Waals surface area contributed by atoms with Gasteiger partial charge >= 0.3 is 11.7 Å². The van der Waals surface area contributed by atoms with Crippen LogP contribution in [0.25, 0.3) is 0 Å². The number of pyridine rings is 1. The molecule has 1 aromatic heterocycles. The molecule has 0 N–H and O–H groups in total. The summed E-state index contributed by atoms with van der Waals surface area (Å²) in [6.45, 7) is 5.16. The average Bonchev–Trinajstić information content (AvgIpc) is 2.44. The lowest BCUT2D eigenvalue weighted by Gasteiger charge is -2.38. The van der Waals surface area contributed by atoms with Crippen molar-refractivity contribution < 1.29 is 19.2 Å². The normalized spacial score (nSPS) is 17.4. The fraction of sp³-hybridized carbons (Fsp3) is 0.538. The topological polar surface area (TPSA) is 94.8 Å². The molecule has 1 aliphatic rings. The number of morpholine rings is 1. The standard InChI is InChI=1S/C13H17N3O5/c1-13(2)8-15(6-7-21-13)11-10(16(18)19)5-4-9(14-11)12(17)20-3/h4-5H,6-8H2,1-3H3. The minimum atomic E-state index is -0.626. The van der Waals surface area contributed by atoms with E-state index in [-0.39, 0.29) is 17.2 Å². The van der Waals surface area contributed by atoms with Crippen LogP contribution in [0.15, 0.2) is 12.1 Å². The van der Waals surface area contributed by atoms with Crippen molar-refractivity contribution in [3.63, 3.8) is 0 Å². The van der Waals surface area contributed by atoms with E-state index >= 15 is 0 Å². The third-order valence-electron chi connectivity index (χ3n) is 3.17. The highest BCUT2D eigenvalue weighted by Gasteiger charge is 2.32. The summed E-state index contributed by atoms with van der Waals surface area (Å²) >= 11 is 0. The summed E-state index contributed by atoms with van der Waals surface area (Å²) in [5.41, 5.74) is -0.530. The number of rotatable bonds is 3. The van der Waals surface area contributed by atoms with Crippen molar-refractivity contribution in [1.29, 1.82) is 0 Å². The third kappa shape index (κ3) is 3.27. The Balaban J connectivity index is 2.43. The molecule has 0 saturated carbocycles. The number of carbonyl (C=O) groups is 1. The highest BCUT2D eigenvalue weighted by molar-refractivity contribution is 5.88. The van der Waals surface area contributed by atoms with Gasteiger partial charge in [0.25, 0.3) is 0 Å². The summed E-state index contributed by atoms with van der Waals surface area (Å²) in [6, 6.07) is 2.57. The molecule has 0 aromatic carbocycles. The molecule has 1 saturated heterocycles. The van der Waals surface area contributed by atoms with Crippen molar-refractivity contribution in [2.45, 2.75) is 19.4 Å². The van der Waals surface area contributed by atoms with Gasteiger partial charge in [-0.05, 0) is 19.9 Å². The highest BCUT2D eigenvalue weighted by atomic mass is 16.6. The number of carbonyl (C=O) groups excluding carboxylic acids is 1. The van der Waals surface area contributed by atoms with Gasteiger partial charge in [0.2, 0.25) is 5.82 Å². The van der Waals surface area contributed by atoms with E-state index < -0.39 is 16.5 Å². The second-order valence-corrected chi connectivity index (χ2v) is 5.32. The van der Waals surface area contributed by atoms with Gasteiger partial charge in [-0.1, -0.05) is 0 Å². The molecule has 0 aliphatic carbocycles. The average molecular weight is 295 g/mol. The third-order valence-corrected chi connectivity index (χ3v) is 3.17. The number of hydrogen-bond acceptors (Lipinski definition) is 7. The van der Waals surface area contributed by atoms with Crippen LogP contribution in [0, 0.1) is 10.1 Å². The van der Waals surface area contributed by atoms with Crippen molar-refractivity contribution in [1.82, 2.24) is 4.98 Å². The van der Waals surface area contributed by atoms with Crippen molar-refractivity contribution in [2.75, 3.05) is 31.7 Å². The van der Waals surface area contributed by atoms with Gasteiger partial charge in [-0.2, -0.15) is 0 Å². The molecule has 1 aromatic rings. The van der Waals surface area contributed by atoms with Crippen molar-refractivity contribution in [3.8, 4) is 0 Å². The zero-order chi connectivity index (χ0) is 15.6. The molecule has 0 unspecified atom stereocenters. The van der Waals surface area contributed by atoms with Gasteiger partial charge in [0.15, 0.2) is 5.69 Å². The molecule has 0 bridgehead atoms. The van der Waals surface area contributed by atoms with Gasteiger partial charge in [-0.15, -0.1) is 0 Å². The Morgan fingerprint density at radius 2 is 2.24 bits per heavy atom. The highest BCUT2D eigenvalue weighted by Crippen LogP contribution is 2.29. The summed E-state index contributed by atoms with van der Waals surface area (Å²) in [7, 11) is 1.24. The van der Waals surface area contributed by atoms with E-state index in [2.05, 4.69) is 9.72 Å². The predicted molar refractivity (Wildman–Crippen MR) is 74.5 cm³/mol. The maximum absolute atomic E-state index is 11.6. The predicted octanol–water partition coefficient (Wildman–Crippen LogP) is 1.39. The molecule has 1 fully saturated rings. The van der Waals surface area contributed by atoms with Gasteiger partial charge < -0.3 is 14.4 Å². The van der Waals surface area contributed by atoms with Crippen LogP contribution >= 0.6 is 0 Å². The monoisotopic (exact) mass is 295 g/mol. The fourth-order valence-corrected chi connectivity index (χ4v) is 2.23. The second kappa shape index (κ2) is 5.65. The van der Waals surface area contributed by atoms with Gasteiger partial charge in [0.1, 0.15) is 0 Å². The molecule has 2 rings (SSSR count). The van der Waals surface area contributed by atoms with Crippen LogP contribution in [0.1, 0.15) is 24.3 Å². The Bertz CT molecular complexity index is 573. The molecule has 21 heavy (non-hydrogen) atoms. The molecule has 8 nitrogen and oxygen atoms in total. The molecule has 2 heterocycles. The molecular weight excluding hydrogens is 278 g/mol. The van der Waals surface area contributed by atoms with Gasteiger partial charge in [-0.3, -0.25) is 10.1 Å². The zero-order valence-electron chi connectivity index (χ0n) is 12.2. The zero-order valence-corrected chi connectivity index (χ0v) is 12.2. The Morgan fingerprint density at radius 1 is 1.52 bits per heavy atom. The smallest absolute Gasteiger partial charge is 0.356 e. The summed E-state index contributed by atoms with van der Waals surface area (Å²) in [5, 5.41) is 11.2. The quantitative estimate of drug-likeness (QED) is 0.472. The SMILES string of the molecule is COC(=O)c1ccc([N+](=O)[O-])c(N2CCOC(C)(C)C2)n1. The maximum atomic E-state index is 11.6.